The monoisotopic (exact) mass is 645 g/mol. The van der Waals surface area contributed by atoms with Gasteiger partial charge in [0.15, 0.2) is 0 Å². The molecule has 2 nitrogen and oxygen atoms in total. The molecule has 0 fully saturated rings. The zero-order valence-electron chi connectivity index (χ0n) is 31.8. The molecule has 0 spiro atoms. The molecule has 0 heterocycles. The highest BCUT2D eigenvalue weighted by Gasteiger charge is 2.18. The van der Waals surface area contributed by atoms with Gasteiger partial charge in [0.1, 0.15) is 0 Å². The highest BCUT2D eigenvalue weighted by Crippen LogP contribution is 2.31. The van der Waals surface area contributed by atoms with E-state index in [2.05, 4.69) is 121 Å². The van der Waals surface area contributed by atoms with E-state index in [1.54, 1.807) is 5.57 Å². The van der Waals surface area contributed by atoms with Crippen molar-refractivity contribution in [3.63, 3.8) is 0 Å². The summed E-state index contributed by atoms with van der Waals surface area (Å²) in [6.45, 7) is 36.2. The topological polar surface area (TPSA) is 40.5 Å². The standard InChI is InChI=1S/C11H18.C11H22.2C10H18O.2CH4/c1-8(2)11-6-5-9(3)10(4)7-11;1-5-7-11(4)9-6-8-10(2)3;1-8(2)5-6-10(7-11)9(3)4;1-9(2)5-4-6-10(3)7-8-11;;/h5,10-11H,1,6-7H2,2-4H3;8,11H,5-7,9H2,1-4H3;5,10-11H,3,6-7H2,1-2,4H3;5,7,11H,4,6,8H2,1-3H3;2*1H4/b;;;10-7-;;/t10?,11-;;;;;/m1...../s1. The molecule has 1 aliphatic rings. The van der Waals surface area contributed by atoms with E-state index in [1.165, 1.54) is 66.4 Å². The zero-order chi connectivity index (χ0) is 34.7. The van der Waals surface area contributed by atoms with Crippen molar-refractivity contribution >= 4 is 0 Å². The maximum absolute atomic E-state index is 8.92. The number of hydrogen-bond acceptors (Lipinski definition) is 2. The number of hydrogen-bond donors (Lipinski definition) is 2. The SMILES string of the molecule is C.C.C=C(C)C(CO)CC=C(C)C.C=C(C)[C@@H]1CC=C(C)C(C)C1.CC(C)=CCC/C(C)=C\CO.CCCC(C)CCC=C(C)C. The third kappa shape index (κ3) is 36.6. The second-order valence-corrected chi connectivity index (χ2v) is 13.9. The summed E-state index contributed by atoms with van der Waals surface area (Å²) in [4.78, 5) is 0. The fraction of sp³-hybridized carbons (Fsp3) is 0.682. The molecule has 4 atom stereocenters. The van der Waals surface area contributed by atoms with E-state index < -0.39 is 0 Å². The Morgan fingerprint density at radius 1 is 0.848 bits per heavy atom. The summed E-state index contributed by atoms with van der Waals surface area (Å²) in [5.74, 6) is 2.67. The Bertz CT molecular complexity index is 896. The van der Waals surface area contributed by atoms with Crippen LogP contribution in [0.15, 0.2) is 82.5 Å². The molecule has 0 saturated heterocycles. The number of allylic oxidation sites excluding steroid dienone is 10. The molecule has 0 radical (unpaired) electrons. The van der Waals surface area contributed by atoms with Crippen LogP contribution in [0.2, 0.25) is 0 Å². The van der Waals surface area contributed by atoms with Crippen LogP contribution in [-0.4, -0.2) is 23.4 Å². The Balaban J connectivity index is -0.000000160. The second-order valence-electron chi connectivity index (χ2n) is 13.9. The van der Waals surface area contributed by atoms with Gasteiger partial charge in [-0.3, -0.25) is 0 Å². The lowest BCUT2D eigenvalue weighted by Crippen LogP contribution is -2.12. The predicted octanol–water partition coefficient (Wildman–Crippen LogP) is 14.2. The van der Waals surface area contributed by atoms with Gasteiger partial charge in [0.25, 0.3) is 0 Å². The van der Waals surface area contributed by atoms with Crippen molar-refractivity contribution < 1.29 is 10.2 Å². The largest absolute Gasteiger partial charge is 0.396 e. The Labute approximate surface area is 291 Å². The Kier molecular flexibility index (Phi) is 40.1. The summed E-state index contributed by atoms with van der Waals surface area (Å²) in [6, 6.07) is 0. The van der Waals surface area contributed by atoms with Gasteiger partial charge in [0, 0.05) is 12.5 Å². The van der Waals surface area contributed by atoms with E-state index >= 15 is 0 Å². The first-order valence-corrected chi connectivity index (χ1v) is 17.3. The van der Waals surface area contributed by atoms with Crippen LogP contribution in [0.5, 0.6) is 0 Å². The van der Waals surface area contributed by atoms with Gasteiger partial charge in [-0.15, -0.1) is 0 Å². The summed E-state index contributed by atoms with van der Waals surface area (Å²) < 4.78 is 0. The molecule has 0 bridgehead atoms. The Morgan fingerprint density at radius 2 is 1.37 bits per heavy atom. The van der Waals surface area contributed by atoms with Crippen molar-refractivity contribution in [1.29, 1.82) is 0 Å². The van der Waals surface area contributed by atoms with Gasteiger partial charge in [-0.25, -0.2) is 0 Å². The molecule has 0 aliphatic heterocycles. The van der Waals surface area contributed by atoms with Crippen molar-refractivity contribution in [3.8, 4) is 0 Å². The minimum absolute atomic E-state index is 0. The molecule has 46 heavy (non-hydrogen) atoms. The van der Waals surface area contributed by atoms with Crippen molar-refractivity contribution in [1.82, 2.24) is 0 Å². The quantitative estimate of drug-likeness (QED) is 0.185. The minimum atomic E-state index is 0. The highest BCUT2D eigenvalue weighted by atomic mass is 16.3. The van der Waals surface area contributed by atoms with E-state index in [-0.39, 0.29) is 34.0 Å². The van der Waals surface area contributed by atoms with Crippen LogP contribution in [-0.2, 0) is 0 Å². The number of aliphatic hydroxyl groups is 2. The van der Waals surface area contributed by atoms with E-state index in [1.807, 2.05) is 13.0 Å². The van der Waals surface area contributed by atoms with Crippen molar-refractivity contribution in [2.24, 2.45) is 23.7 Å². The summed E-state index contributed by atoms with van der Waals surface area (Å²) in [5.41, 5.74) is 9.35. The lowest BCUT2D eigenvalue weighted by Gasteiger charge is -2.26. The summed E-state index contributed by atoms with van der Waals surface area (Å²) in [7, 11) is 0. The fourth-order valence-corrected chi connectivity index (χ4v) is 4.59. The van der Waals surface area contributed by atoms with Gasteiger partial charge in [0.05, 0.1) is 6.61 Å². The Morgan fingerprint density at radius 3 is 1.76 bits per heavy atom. The third-order valence-electron chi connectivity index (χ3n) is 8.09. The molecule has 0 aromatic carbocycles. The van der Waals surface area contributed by atoms with E-state index in [4.69, 9.17) is 10.2 Å². The van der Waals surface area contributed by atoms with Crippen LogP contribution >= 0.6 is 0 Å². The molecule has 272 valence electrons. The number of rotatable bonds is 14. The van der Waals surface area contributed by atoms with Crippen LogP contribution in [0.1, 0.15) is 163 Å². The molecule has 1 aliphatic carbocycles. The molecule has 3 unspecified atom stereocenters. The van der Waals surface area contributed by atoms with Gasteiger partial charge in [0.2, 0.25) is 0 Å². The highest BCUT2D eigenvalue weighted by molar-refractivity contribution is 5.12. The van der Waals surface area contributed by atoms with Crippen LogP contribution < -0.4 is 0 Å². The van der Waals surface area contributed by atoms with Gasteiger partial charge in [-0.2, -0.15) is 0 Å². The van der Waals surface area contributed by atoms with Crippen molar-refractivity contribution in [2.45, 2.75) is 163 Å². The Hall–Kier alpha value is -1.90. The molecule has 0 aromatic heterocycles. The summed E-state index contributed by atoms with van der Waals surface area (Å²) in [6.07, 6.45) is 21.8. The minimum Gasteiger partial charge on any atom is -0.396 e. The lowest BCUT2D eigenvalue weighted by atomic mass is 9.80. The second kappa shape index (κ2) is 34.4. The van der Waals surface area contributed by atoms with Crippen LogP contribution in [0.4, 0.5) is 0 Å². The van der Waals surface area contributed by atoms with Crippen LogP contribution in [0.3, 0.4) is 0 Å². The predicted molar refractivity (Wildman–Crippen MR) is 216 cm³/mol. The molecule has 2 N–H and O–H groups in total. The van der Waals surface area contributed by atoms with Gasteiger partial charge in [-0.1, -0.05) is 131 Å². The average Bonchev–Trinajstić information content (AvgIpc) is 2.91. The van der Waals surface area contributed by atoms with E-state index in [9.17, 15) is 0 Å². The lowest BCUT2D eigenvalue weighted by molar-refractivity contribution is 0.247. The number of aliphatic hydroxyl groups excluding tert-OH is 2. The van der Waals surface area contributed by atoms with Crippen LogP contribution in [0, 0.1) is 23.7 Å². The maximum atomic E-state index is 8.92. The molecule has 0 amide bonds. The first kappa shape index (κ1) is 53.6. The van der Waals surface area contributed by atoms with Crippen molar-refractivity contribution in [2.75, 3.05) is 13.2 Å². The average molecular weight is 645 g/mol. The first-order chi connectivity index (χ1) is 20.5. The maximum Gasteiger partial charge on any atom is 0.0614 e. The van der Waals surface area contributed by atoms with Gasteiger partial charge < -0.3 is 10.2 Å². The molecule has 0 aromatic rings. The zero-order valence-corrected chi connectivity index (χ0v) is 31.8. The third-order valence-corrected chi connectivity index (χ3v) is 8.09. The fourth-order valence-electron chi connectivity index (χ4n) is 4.59. The molecular weight excluding hydrogens is 560 g/mol. The summed E-state index contributed by atoms with van der Waals surface area (Å²) >= 11 is 0. The smallest absolute Gasteiger partial charge is 0.0614 e. The summed E-state index contributed by atoms with van der Waals surface area (Å²) in [5, 5.41) is 17.5. The van der Waals surface area contributed by atoms with E-state index in [0.29, 0.717) is 0 Å². The van der Waals surface area contributed by atoms with Crippen molar-refractivity contribution in [3.05, 3.63) is 82.5 Å². The van der Waals surface area contributed by atoms with Gasteiger partial charge >= 0.3 is 0 Å². The normalized spacial score (nSPS) is 16.2. The molecular formula is C44H84O2. The van der Waals surface area contributed by atoms with Gasteiger partial charge in [-0.05, 0) is 132 Å². The van der Waals surface area contributed by atoms with Crippen LogP contribution in [0.25, 0.3) is 0 Å². The first-order valence-electron chi connectivity index (χ1n) is 17.3. The molecule has 2 heteroatoms. The molecule has 0 saturated carbocycles. The molecule has 1 rings (SSSR count). The van der Waals surface area contributed by atoms with E-state index in [0.717, 1.165) is 42.6 Å².